The van der Waals surface area contributed by atoms with Crippen LogP contribution in [-0.2, 0) is 13.0 Å². The zero-order valence-corrected chi connectivity index (χ0v) is 17.6. The number of aliphatic imine (C=N–C) groups is 1. The predicted molar refractivity (Wildman–Crippen MR) is 108 cm³/mol. The van der Waals surface area contributed by atoms with E-state index >= 15 is 0 Å². The molecule has 2 rings (SSSR count). The number of benzene rings is 1. The molecule has 1 aromatic carbocycles. The summed E-state index contributed by atoms with van der Waals surface area (Å²) in [6.07, 6.45) is 2.41. The molecule has 23 heavy (non-hydrogen) atoms. The zero-order chi connectivity index (χ0) is 15.9. The fourth-order valence-corrected chi connectivity index (χ4v) is 2.71. The third-order valence-corrected chi connectivity index (χ3v) is 4.16. The Labute approximate surface area is 166 Å². The van der Waals surface area contributed by atoms with Crippen LogP contribution in [0.3, 0.4) is 0 Å². The van der Waals surface area contributed by atoms with E-state index in [1.807, 2.05) is 36.2 Å². The molecule has 5 nitrogen and oxygen atoms in total. The van der Waals surface area contributed by atoms with Gasteiger partial charge in [0.15, 0.2) is 5.96 Å². The van der Waals surface area contributed by atoms with Gasteiger partial charge in [-0.25, -0.2) is 0 Å². The maximum Gasteiger partial charge on any atom is 0.193 e. The second kappa shape index (κ2) is 10.1. The molecule has 0 fully saturated rings. The van der Waals surface area contributed by atoms with Gasteiger partial charge in [-0.05, 0) is 30.2 Å². The molecule has 8 heteroatoms. The second-order valence-electron chi connectivity index (χ2n) is 4.81. The summed E-state index contributed by atoms with van der Waals surface area (Å²) in [6, 6.07) is 7.64. The van der Waals surface area contributed by atoms with Crippen molar-refractivity contribution in [2.45, 2.75) is 13.0 Å². The van der Waals surface area contributed by atoms with Crippen molar-refractivity contribution >= 4 is 57.5 Å². The summed E-state index contributed by atoms with van der Waals surface area (Å²) in [5.74, 6) is 0.807. The number of rotatable bonds is 5. The molecule has 0 spiro atoms. The number of guanidine groups is 1. The Morgan fingerprint density at radius 3 is 2.87 bits per heavy atom. The number of aromatic nitrogens is 1. The lowest BCUT2D eigenvalue weighted by molar-refractivity contribution is 0.391. The van der Waals surface area contributed by atoms with Crippen LogP contribution in [0.4, 0.5) is 0 Å². The molecule has 0 bridgehead atoms. The molecule has 0 unspecified atom stereocenters. The summed E-state index contributed by atoms with van der Waals surface area (Å²) < 4.78 is 5.90. The fraction of sp³-hybridized carbons (Fsp3) is 0.333. The van der Waals surface area contributed by atoms with E-state index in [0.29, 0.717) is 6.54 Å². The molecular weight excluding hydrogens is 494 g/mol. The molecule has 1 heterocycles. The van der Waals surface area contributed by atoms with Crippen molar-refractivity contribution in [3.05, 3.63) is 51.3 Å². The first-order valence-corrected chi connectivity index (χ1v) is 8.02. The molecule has 0 aliphatic rings. The second-order valence-corrected chi connectivity index (χ2v) is 6.10. The highest BCUT2D eigenvalue weighted by molar-refractivity contribution is 14.0. The van der Waals surface area contributed by atoms with Crippen LogP contribution in [0.15, 0.2) is 44.5 Å². The van der Waals surface area contributed by atoms with Gasteiger partial charge in [0.25, 0.3) is 0 Å². The number of nitrogens with one attached hydrogen (secondary N) is 1. The quantitative estimate of drug-likeness (QED) is 0.374. The van der Waals surface area contributed by atoms with Crippen molar-refractivity contribution in [2.24, 2.45) is 4.99 Å². The Morgan fingerprint density at radius 1 is 1.43 bits per heavy atom. The average molecular weight is 514 g/mol. The van der Waals surface area contributed by atoms with Crippen LogP contribution in [-0.4, -0.2) is 36.7 Å². The van der Waals surface area contributed by atoms with E-state index in [1.54, 1.807) is 13.3 Å². The first-order chi connectivity index (χ1) is 10.6. The first kappa shape index (κ1) is 20.2. The van der Waals surface area contributed by atoms with E-state index < -0.39 is 0 Å². The van der Waals surface area contributed by atoms with Crippen molar-refractivity contribution in [1.82, 2.24) is 15.4 Å². The number of hydrogen-bond acceptors (Lipinski definition) is 3. The lowest BCUT2D eigenvalue weighted by Gasteiger charge is -2.21. The van der Waals surface area contributed by atoms with Crippen LogP contribution >= 0.6 is 51.5 Å². The minimum Gasteiger partial charge on any atom is -0.364 e. The molecule has 0 radical (unpaired) electrons. The minimum atomic E-state index is 0. The SMILES string of the molecule is CN=C(NCCc1cc(Cl)ccc1Br)N(C)Cc1ccon1.I. The normalized spacial score (nSPS) is 11.0. The van der Waals surface area contributed by atoms with Gasteiger partial charge in [0.1, 0.15) is 12.0 Å². The van der Waals surface area contributed by atoms with Crippen LogP contribution < -0.4 is 5.32 Å². The van der Waals surface area contributed by atoms with Gasteiger partial charge < -0.3 is 14.7 Å². The highest BCUT2D eigenvalue weighted by atomic mass is 127. The van der Waals surface area contributed by atoms with Gasteiger partial charge in [-0.2, -0.15) is 0 Å². The summed E-state index contributed by atoms with van der Waals surface area (Å²) in [7, 11) is 3.72. The molecule has 1 N–H and O–H groups in total. The minimum absolute atomic E-state index is 0. The van der Waals surface area contributed by atoms with Gasteiger partial charge in [-0.15, -0.1) is 24.0 Å². The standard InChI is InChI=1S/C15H18BrClN4O.HI/c1-18-15(21(2)10-13-6-8-22-20-13)19-7-5-11-9-12(17)3-4-14(11)16;/h3-4,6,8-9H,5,7,10H2,1-2H3,(H,18,19);1H. The molecular formula is C15H19BrClIN4O. The molecule has 0 aliphatic heterocycles. The third-order valence-electron chi connectivity index (χ3n) is 3.15. The predicted octanol–water partition coefficient (Wildman–Crippen LogP) is 3.96. The van der Waals surface area contributed by atoms with Crippen molar-refractivity contribution < 1.29 is 4.52 Å². The molecule has 2 aromatic rings. The maximum atomic E-state index is 6.03. The van der Waals surface area contributed by atoms with E-state index in [1.165, 1.54) is 0 Å². The van der Waals surface area contributed by atoms with Gasteiger partial charge in [0.2, 0.25) is 0 Å². The van der Waals surface area contributed by atoms with Crippen LogP contribution in [0.5, 0.6) is 0 Å². The average Bonchev–Trinajstić information content (AvgIpc) is 2.99. The van der Waals surface area contributed by atoms with Crippen molar-refractivity contribution in [3.63, 3.8) is 0 Å². The van der Waals surface area contributed by atoms with Crippen molar-refractivity contribution in [3.8, 4) is 0 Å². The third kappa shape index (κ3) is 6.31. The summed E-state index contributed by atoms with van der Waals surface area (Å²) in [6.45, 7) is 1.39. The smallest absolute Gasteiger partial charge is 0.193 e. The lowest BCUT2D eigenvalue weighted by Crippen LogP contribution is -2.39. The van der Waals surface area contributed by atoms with Gasteiger partial charge in [-0.3, -0.25) is 4.99 Å². The highest BCUT2D eigenvalue weighted by Gasteiger charge is 2.08. The number of hydrogen-bond donors (Lipinski definition) is 1. The van der Waals surface area contributed by atoms with Gasteiger partial charge in [0, 0.05) is 36.2 Å². The van der Waals surface area contributed by atoms with Crippen molar-refractivity contribution in [1.29, 1.82) is 0 Å². The van der Waals surface area contributed by atoms with E-state index in [9.17, 15) is 0 Å². The van der Waals surface area contributed by atoms with E-state index in [2.05, 4.69) is 31.4 Å². The number of nitrogens with zero attached hydrogens (tertiary/aromatic N) is 3. The summed E-state index contributed by atoms with van der Waals surface area (Å²) in [4.78, 5) is 6.27. The lowest BCUT2D eigenvalue weighted by atomic mass is 10.1. The first-order valence-electron chi connectivity index (χ1n) is 6.85. The fourth-order valence-electron chi connectivity index (χ4n) is 2.07. The Hall–Kier alpha value is -0.800. The Kier molecular flexibility index (Phi) is 8.93. The molecule has 1 aromatic heterocycles. The molecule has 126 valence electrons. The van der Waals surface area contributed by atoms with E-state index in [0.717, 1.165) is 39.7 Å². The van der Waals surface area contributed by atoms with Gasteiger partial charge in [-0.1, -0.05) is 32.7 Å². The van der Waals surface area contributed by atoms with Crippen LogP contribution in [0.1, 0.15) is 11.3 Å². The van der Waals surface area contributed by atoms with Crippen LogP contribution in [0.25, 0.3) is 0 Å². The maximum absolute atomic E-state index is 6.03. The van der Waals surface area contributed by atoms with E-state index in [4.69, 9.17) is 16.1 Å². The Morgan fingerprint density at radius 2 is 2.22 bits per heavy atom. The molecule has 0 aliphatic carbocycles. The molecule has 0 saturated heterocycles. The summed E-state index contributed by atoms with van der Waals surface area (Å²) >= 11 is 9.56. The van der Waals surface area contributed by atoms with Crippen LogP contribution in [0, 0.1) is 0 Å². The zero-order valence-electron chi connectivity index (χ0n) is 12.9. The van der Waals surface area contributed by atoms with Crippen molar-refractivity contribution in [2.75, 3.05) is 20.6 Å². The Bertz CT molecular complexity index is 636. The molecule has 0 atom stereocenters. The van der Waals surface area contributed by atoms with Crippen LogP contribution in [0.2, 0.25) is 5.02 Å². The molecule has 0 saturated carbocycles. The summed E-state index contributed by atoms with van der Waals surface area (Å²) in [5.41, 5.74) is 2.03. The monoisotopic (exact) mass is 512 g/mol. The largest absolute Gasteiger partial charge is 0.364 e. The van der Waals surface area contributed by atoms with Gasteiger partial charge in [0.05, 0.1) is 6.54 Å². The summed E-state index contributed by atoms with van der Waals surface area (Å²) in [5, 5.41) is 7.97. The topological polar surface area (TPSA) is 53.7 Å². The van der Waals surface area contributed by atoms with Gasteiger partial charge >= 0.3 is 0 Å². The van der Waals surface area contributed by atoms with E-state index in [-0.39, 0.29) is 24.0 Å². The number of halogens is 3. The Balaban J connectivity index is 0.00000264. The highest BCUT2D eigenvalue weighted by Crippen LogP contribution is 2.21. The molecule has 0 amide bonds.